The number of nitrogens with one attached hydrogen (secondary N) is 2. The molecule has 1 aliphatic rings. The number of hydrogen-bond donors (Lipinski definition) is 2. The first-order valence-electron chi connectivity index (χ1n) is 11.1. The molecule has 2 N–H and O–H groups in total. The van der Waals surface area contributed by atoms with Crippen LogP contribution in [-0.2, 0) is 26.2 Å². The second-order valence-electron chi connectivity index (χ2n) is 8.49. The lowest BCUT2D eigenvalue weighted by Crippen LogP contribution is -2.51. The maximum Gasteiger partial charge on any atom is 0.237 e. The van der Waals surface area contributed by atoms with E-state index in [0.29, 0.717) is 24.9 Å². The Balaban J connectivity index is 1.48. The highest BCUT2D eigenvalue weighted by Crippen LogP contribution is 2.36. The van der Waals surface area contributed by atoms with Crippen LogP contribution >= 0.6 is 11.3 Å². The van der Waals surface area contributed by atoms with Gasteiger partial charge >= 0.3 is 0 Å². The summed E-state index contributed by atoms with van der Waals surface area (Å²) >= 11 is 1.53. The number of hydrogen-bond acceptors (Lipinski definition) is 5. The molecule has 1 atom stereocenters. The molecule has 1 aliphatic heterocycles. The summed E-state index contributed by atoms with van der Waals surface area (Å²) in [5, 5.41) is 6.34. The van der Waals surface area contributed by atoms with Gasteiger partial charge in [0.25, 0.3) is 0 Å². The Morgan fingerprint density at radius 2 is 1.79 bits per heavy atom. The van der Waals surface area contributed by atoms with Gasteiger partial charge in [-0.05, 0) is 44.4 Å². The first-order chi connectivity index (χ1) is 15.8. The SMILES string of the molecule is CCC1(c2ccc(NC(=O)Cc3sc(C)nc3-c3ccc(C)cc3)cc2)CCC(=O)NC1=O. The van der Waals surface area contributed by atoms with Crippen LogP contribution in [0.3, 0.4) is 0 Å². The Morgan fingerprint density at radius 3 is 2.42 bits per heavy atom. The van der Waals surface area contributed by atoms with Gasteiger partial charge in [-0.25, -0.2) is 4.98 Å². The number of anilines is 1. The van der Waals surface area contributed by atoms with E-state index in [9.17, 15) is 14.4 Å². The molecule has 1 fully saturated rings. The van der Waals surface area contributed by atoms with E-state index >= 15 is 0 Å². The van der Waals surface area contributed by atoms with Gasteiger partial charge in [-0.15, -0.1) is 11.3 Å². The van der Waals surface area contributed by atoms with Crippen LogP contribution in [0.1, 0.15) is 47.2 Å². The smallest absolute Gasteiger partial charge is 0.237 e. The monoisotopic (exact) mass is 461 g/mol. The minimum absolute atomic E-state index is 0.119. The van der Waals surface area contributed by atoms with Crippen molar-refractivity contribution in [1.29, 1.82) is 0 Å². The molecule has 1 unspecified atom stereocenters. The summed E-state index contributed by atoms with van der Waals surface area (Å²) in [7, 11) is 0. The van der Waals surface area contributed by atoms with Crippen LogP contribution in [0.15, 0.2) is 48.5 Å². The molecule has 0 bridgehead atoms. The topological polar surface area (TPSA) is 88.2 Å². The standard InChI is InChI=1S/C26H27N3O3S/c1-4-26(14-13-22(30)29-25(26)32)19-9-11-20(12-10-19)28-23(31)15-21-24(27-17(3)33-21)18-7-5-16(2)6-8-18/h5-12H,4,13-15H2,1-3H3,(H,28,31)(H,29,30,32). The van der Waals surface area contributed by atoms with Crippen molar-refractivity contribution < 1.29 is 14.4 Å². The lowest BCUT2D eigenvalue weighted by atomic mass is 9.72. The molecule has 1 aromatic heterocycles. The van der Waals surface area contributed by atoms with Crippen LogP contribution in [0.4, 0.5) is 5.69 Å². The summed E-state index contributed by atoms with van der Waals surface area (Å²) in [6, 6.07) is 15.5. The zero-order valence-electron chi connectivity index (χ0n) is 19.0. The summed E-state index contributed by atoms with van der Waals surface area (Å²) in [6.45, 7) is 5.94. The fourth-order valence-electron chi connectivity index (χ4n) is 4.32. The average Bonchev–Trinajstić information content (AvgIpc) is 3.15. The molecule has 170 valence electrons. The van der Waals surface area contributed by atoms with Crippen LogP contribution in [0.5, 0.6) is 0 Å². The van der Waals surface area contributed by atoms with E-state index in [1.54, 1.807) is 0 Å². The number of aromatic nitrogens is 1. The molecule has 33 heavy (non-hydrogen) atoms. The molecule has 0 spiro atoms. The largest absolute Gasteiger partial charge is 0.326 e. The van der Waals surface area contributed by atoms with Gasteiger partial charge in [0.15, 0.2) is 0 Å². The molecule has 2 aromatic carbocycles. The van der Waals surface area contributed by atoms with Crippen LogP contribution < -0.4 is 10.6 Å². The average molecular weight is 462 g/mol. The molecule has 4 rings (SSSR count). The number of piperidine rings is 1. The van der Waals surface area contributed by atoms with Gasteiger partial charge in [-0.2, -0.15) is 0 Å². The number of imide groups is 1. The molecule has 3 amide bonds. The molecule has 0 radical (unpaired) electrons. The molecule has 2 heterocycles. The van der Waals surface area contributed by atoms with Crippen molar-refractivity contribution in [3.63, 3.8) is 0 Å². The fraction of sp³-hybridized carbons (Fsp3) is 0.308. The Bertz CT molecular complexity index is 1200. The third-order valence-corrected chi connectivity index (χ3v) is 7.21. The zero-order chi connectivity index (χ0) is 23.6. The first-order valence-corrected chi connectivity index (χ1v) is 11.9. The highest BCUT2D eigenvalue weighted by Gasteiger charge is 2.42. The van der Waals surface area contributed by atoms with E-state index in [1.807, 2.05) is 69.3 Å². The maximum absolute atomic E-state index is 12.8. The lowest BCUT2D eigenvalue weighted by Gasteiger charge is -2.35. The lowest BCUT2D eigenvalue weighted by molar-refractivity contribution is -0.138. The summed E-state index contributed by atoms with van der Waals surface area (Å²) < 4.78 is 0. The van der Waals surface area contributed by atoms with Crippen molar-refractivity contribution in [2.75, 3.05) is 5.32 Å². The van der Waals surface area contributed by atoms with E-state index in [1.165, 1.54) is 16.9 Å². The first kappa shape index (κ1) is 22.9. The molecule has 3 aromatic rings. The van der Waals surface area contributed by atoms with Crippen molar-refractivity contribution in [1.82, 2.24) is 10.3 Å². The predicted molar refractivity (Wildman–Crippen MR) is 130 cm³/mol. The molecule has 7 heteroatoms. The number of carbonyl (C=O) groups excluding carboxylic acids is 3. The highest BCUT2D eigenvalue weighted by molar-refractivity contribution is 7.12. The molecular weight excluding hydrogens is 434 g/mol. The number of benzene rings is 2. The van der Waals surface area contributed by atoms with Crippen LogP contribution in [0.2, 0.25) is 0 Å². The Kier molecular flexibility index (Phi) is 6.42. The highest BCUT2D eigenvalue weighted by atomic mass is 32.1. The van der Waals surface area contributed by atoms with Gasteiger partial charge in [0, 0.05) is 22.5 Å². The molecule has 0 aliphatic carbocycles. The zero-order valence-corrected chi connectivity index (χ0v) is 19.8. The Hall–Kier alpha value is -3.32. The number of aryl methyl sites for hydroxylation is 2. The second kappa shape index (κ2) is 9.27. The Morgan fingerprint density at radius 1 is 1.09 bits per heavy atom. The van der Waals surface area contributed by atoms with E-state index in [0.717, 1.165) is 26.7 Å². The van der Waals surface area contributed by atoms with Gasteiger partial charge in [0.05, 0.1) is 22.5 Å². The van der Waals surface area contributed by atoms with Crippen molar-refractivity contribution >= 4 is 34.7 Å². The maximum atomic E-state index is 12.8. The number of amides is 3. The Labute approximate surface area is 197 Å². The quantitative estimate of drug-likeness (QED) is 0.521. The van der Waals surface area contributed by atoms with Gasteiger partial charge in [0.2, 0.25) is 17.7 Å². The molecule has 1 saturated heterocycles. The van der Waals surface area contributed by atoms with E-state index in [4.69, 9.17) is 0 Å². The summed E-state index contributed by atoms with van der Waals surface area (Å²) in [5.74, 6) is -0.593. The molecule has 0 saturated carbocycles. The van der Waals surface area contributed by atoms with Crippen LogP contribution in [-0.4, -0.2) is 22.7 Å². The third-order valence-electron chi connectivity index (χ3n) is 6.24. The summed E-state index contributed by atoms with van der Waals surface area (Å²) in [5.41, 5.74) is 3.85. The van der Waals surface area contributed by atoms with Gasteiger partial charge in [-0.1, -0.05) is 48.9 Å². The van der Waals surface area contributed by atoms with Crippen molar-refractivity contribution in [2.45, 2.75) is 51.9 Å². The van der Waals surface area contributed by atoms with Crippen molar-refractivity contribution in [3.05, 3.63) is 69.5 Å². The summed E-state index contributed by atoms with van der Waals surface area (Å²) in [4.78, 5) is 42.5. The minimum Gasteiger partial charge on any atom is -0.326 e. The van der Waals surface area contributed by atoms with E-state index in [-0.39, 0.29) is 24.1 Å². The van der Waals surface area contributed by atoms with Crippen molar-refractivity contribution in [3.8, 4) is 11.3 Å². The number of thiazole rings is 1. The summed E-state index contributed by atoms with van der Waals surface area (Å²) in [6.07, 6.45) is 1.66. The van der Waals surface area contributed by atoms with Gasteiger partial charge in [0.1, 0.15) is 0 Å². The van der Waals surface area contributed by atoms with Gasteiger partial charge < -0.3 is 5.32 Å². The third kappa shape index (κ3) is 4.73. The van der Waals surface area contributed by atoms with Crippen LogP contribution in [0, 0.1) is 13.8 Å². The van der Waals surface area contributed by atoms with Crippen molar-refractivity contribution in [2.24, 2.45) is 0 Å². The minimum atomic E-state index is -0.709. The second-order valence-corrected chi connectivity index (χ2v) is 9.77. The van der Waals surface area contributed by atoms with E-state index in [2.05, 4.69) is 15.6 Å². The number of nitrogens with zero attached hydrogens (tertiary/aromatic N) is 1. The molecule has 6 nitrogen and oxygen atoms in total. The van der Waals surface area contributed by atoms with Crippen LogP contribution in [0.25, 0.3) is 11.3 Å². The number of rotatable bonds is 6. The number of carbonyl (C=O) groups is 3. The van der Waals surface area contributed by atoms with Gasteiger partial charge in [-0.3, -0.25) is 19.7 Å². The molecular formula is C26H27N3O3S. The normalized spacial score (nSPS) is 18.2. The fourth-order valence-corrected chi connectivity index (χ4v) is 5.27. The van der Waals surface area contributed by atoms with E-state index < -0.39 is 5.41 Å². The predicted octanol–water partition coefficient (Wildman–Crippen LogP) is 4.69.